The van der Waals surface area contributed by atoms with E-state index in [2.05, 4.69) is 36.7 Å². The molecule has 0 spiro atoms. The van der Waals surface area contributed by atoms with Gasteiger partial charge >= 0.3 is 0 Å². The molecule has 0 aliphatic heterocycles. The minimum absolute atomic E-state index is 0.741. The van der Waals surface area contributed by atoms with E-state index in [4.69, 9.17) is 0 Å². The van der Waals surface area contributed by atoms with Gasteiger partial charge in [0.15, 0.2) is 0 Å². The van der Waals surface area contributed by atoms with Crippen LogP contribution in [0.15, 0.2) is 17.5 Å². The molecule has 0 radical (unpaired) electrons. The fraction of sp³-hybridized carbons (Fsp3) is 0.714. The average Bonchev–Trinajstić information content (AvgIpc) is 2.79. The van der Waals surface area contributed by atoms with Crippen LogP contribution < -0.4 is 5.32 Å². The van der Waals surface area contributed by atoms with Gasteiger partial charge in [-0.1, -0.05) is 32.8 Å². The first kappa shape index (κ1) is 13.7. The Bertz CT molecular complexity index is 243. The summed E-state index contributed by atoms with van der Waals surface area (Å²) in [6.45, 7) is 5.58. The van der Waals surface area contributed by atoms with Gasteiger partial charge < -0.3 is 5.32 Å². The fourth-order valence-corrected chi connectivity index (χ4v) is 2.82. The molecule has 1 aromatic heterocycles. The zero-order valence-corrected chi connectivity index (χ0v) is 11.5. The third-order valence-electron chi connectivity index (χ3n) is 2.95. The van der Waals surface area contributed by atoms with Crippen molar-refractivity contribution in [2.45, 2.75) is 58.4 Å². The Kier molecular flexibility index (Phi) is 7.52. The Morgan fingerprint density at radius 3 is 2.69 bits per heavy atom. The Balaban J connectivity index is 2.15. The highest BCUT2D eigenvalue weighted by atomic mass is 32.1. The normalized spacial score (nSPS) is 12.9. The largest absolute Gasteiger partial charge is 0.314 e. The Labute approximate surface area is 104 Å². The van der Waals surface area contributed by atoms with Gasteiger partial charge in [-0.05, 0) is 43.7 Å². The maximum absolute atomic E-state index is 3.60. The third kappa shape index (κ3) is 5.66. The molecule has 1 nitrogen and oxygen atoms in total. The topological polar surface area (TPSA) is 12.0 Å². The van der Waals surface area contributed by atoms with Gasteiger partial charge in [0, 0.05) is 10.9 Å². The minimum Gasteiger partial charge on any atom is -0.314 e. The lowest BCUT2D eigenvalue weighted by Crippen LogP contribution is -2.28. The molecule has 16 heavy (non-hydrogen) atoms. The van der Waals surface area contributed by atoms with Crippen LogP contribution in [-0.2, 0) is 6.42 Å². The number of nitrogens with one attached hydrogen (secondary N) is 1. The second kappa shape index (κ2) is 8.77. The van der Waals surface area contributed by atoms with E-state index in [0.717, 1.165) is 12.6 Å². The second-order valence-electron chi connectivity index (χ2n) is 4.37. The zero-order chi connectivity index (χ0) is 11.6. The van der Waals surface area contributed by atoms with Crippen LogP contribution in [0.3, 0.4) is 0 Å². The van der Waals surface area contributed by atoms with Crippen molar-refractivity contribution < 1.29 is 0 Å². The van der Waals surface area contributed by atoms with Crippen LogP contribution in [0.4, 0.5) is 0 Å². The standard InChI is InChI=1S/C14H25NS/c1-3-5-8-13(15-4-2)9-6-10-14-11-7-12-16-14/h7,11-13,15H,3-6,8-10H2,1-2H3. The van der Waals surface area contributed by atoms with E-state index in [1.807, 2.05) is 11.3 Å². The number of rotatable bonds is 9. The SMILES string of the molecule is CCCCC(CCCc1cccs1)NCC. The summed E-state index contributed by atoms with van der Waals surface area (Å²) >= 11 is 1.89. The lowest BCUT2D eigenvalue weighted by molar-refractivity contribution is 0.439. The number of hydrogen-bond acceptors (Lipinski definition) is 2. The summed E-state index contributed by atoms with van der Waals surface area (Å²) in [7, 11) is 0. The van der Waals surface area contributed by atoms with Crippen molar-refractivity contribution in [3.63, 3.8) is 0 Å². The van der Waals surface area contributed by atoms with Crippen molar-refractivity contribution in [3.8, 4) is 0 Å². The molecular weight excluding hydrogens is 214 g/mol. The molecule has 0 aromatic carbocycles. The summed E-state index contributed by atoms with van der Waals surface area (Å²) in [5, 5.41) is 5.78. The third-order valence-corrected chi connectivity index (χ3v) is 3.89. The molecule has 2 heteroatoms. The van der Waals surface area contributed by atoms with Crippen molar-refractivity contribution in [2.24, 2.45) is 0 Å². The van der Waals surface area contributed by atoms with E-state index < -0.39 is 0 Å². The summed E-state index contributed by atoms with van der Waals surface area (Å²) in [5.74, 6) is 0. The van der Waals surface area contributed by atoms with Crippen molar-refractivity contribution >= 4 is 11.3 Å². The molecule has 1 unspecified atom stereocenters. The van der Waals surface area contributed by atoms with Gasteiger partial charge in [-0.15, -0.1) is 11.3 Å². The Morgan fingerprint density at radius 1 is 1.25 bits per heavy atom. The van der Waals surface area contributed by atoms with E-state index in [1.54, 1.807) is 0 Å². The van der Waals surface area contributed by atoms with Crippen LogP contribution >= 0.6 is 11.3 Å². The molecule has 0 aliphatic carbocycles. The van der Waals surface area contributed by atoms with Gasteiger partial charge in [-0.3, -0.25) is 0 Å². The van der Waals surface area contributed by atoms with Crippen LogP contribution in [0.2, 0.25) is 0 Å². The molecule has 92 valence electrons. The smallest absolute Gasteiger partial charge is 0.00670 e. The summed E-state index contributed by atoms with van der Waals surface area (Å²) in [4.78, 5) is 1.53. The highest BCUT2D eigenvalue weighted by Gasteiger charge is 2.06. The van der Waals surface area contributed by atoms with Gasteiger partial charge in [0.25, 0.3) is 0 Å². The summed E-state index contributed by atoms with van der Waals surface area (Å²) in [6, 6.07) is 5.14. The average molecular weight is 239 g/mol. The maximum Gasteiger partial charge on any atom is 0.00670 e. The van der Waals surface area contributed by atoms with E-state index in [9.17, 15) is 0 Å². The lowest BCUT2D eigenvalue weighted by atomic mass is 10.0. The van der Waals surface area contributed by atoms with Crippen molar-refractivity contribution in [3.05, 3.63) is 22.4 Å². The maximum atomic E-state index is 3.60. The molecule has 0 amide bonds. The Hall–Kier alpha value is -0.340. The van der Waals surface area contributed by atoms with Crippen molar-refractivity contribution in [1.82, 2.24) is 5.32 Å². The molecule has 0 saturated carbocycles. The van der Waals surface area contributed by atoms with Gasteiger partial charge in [0.05, 0.1) is 0 Å². The molecule has 1 heterocycles. The predicted octanol–water partition coefficient (Wildman–Crippen LogP) is 4.24. The summed E-state index contributed by atoms with van der Waals surface area (Å²) < 4.78 is 0. The lowest BCUT2D eigenvalue weighted by Gasteiger charge is -2.17. The quantitative estimate of drug-likeness (QED) is 0.679. The van der Waals surface area contributed by atoms with Crippen LogP contribution in [0.1, 0.15) is 50.8 Å². The number of aryl methyl sites for hydroxylation is 1. The molecule has 1 atom stereocenters. The fourth-order valence-electron chi connectivity index (χ4n) is 2.07. The number of hydrogen-bond donors (Lipinski definition) is 1. The van der Waals surface area contributed by atoms with Gasteiger partial charge in [0.1, 0.15) is 0 Å². The van der Waals surface area contributed by atoms with Crippen LogP contribution in [-0.4, -0.2) is 12.6 Å². The highest BCUT2D eigenvalue weighted by Crippen LogP contribution is 2.14. The predicted molar refractivity (Wildman–Crippen MR) is 74.2 cm³/mol. The van der Waals surface area contributed by atoms with Crippen LogP contribution in [0.25, 0.3) is 0 Å². The van der Waals surface area contributed by atoms with Crippen molar-refractivity contribution in [1.29, 1.82) is 0 Å². The number of thiophene rings is 1. The van der Waals surface area contributed by atoms with Crippen LogP contribution in [0.5, 0.6) is 0 Å². The summed E-state index contributed by atoms with van der Waals surface area (Å²) in [5.41, 5.74) is 0. The van der Waals surface area contributed by atoms with E-state index in [1.165, 1.54) is 43.4 Å². The van der Waals surface area contributed by atoms with E-state index in [-0.39, 0.29) is 0 Å². The van der Waals surface area contributed by atoms with Crippen molar-refractivity contribution in [2.75, 3.05) is 6.54 Å². The van der Waals surface area contributed by atoms with Gasteiger partial charge in [-0.25, -0.2) is 0 Å². The van der Waals surface area contributed by atoms with E-state index >= 15 is 0 Å². The molecule has 1 aromatic rings. The monoisotopic (exact) mass is 239 g/mol. The first-order chi connectivity index (χ1) is 7.86. The summed E-state index contributed by atoms with van der Waals surface area (Å²) in [6.07, 6.45) is 7.91. The molecule has 0 saturated heterocycles. The zero-order valence-electron chi connectivity index (χ0n) is 10.7. The molecule has 1 rings (SSSR count). The molecular formula is C14H25NS. The highest BCUT2D eigenvalue weighted by molar-refractivity contribution is 7.09. The molecule has 0 aliphatic rings. The van der Waals surface area contributed by atoms with Gasteiger partial charge in [0.2, 0.25) is 0 Å². The van der Waals surface area contributed by atoms with Gasteiger partial charge in [-0.2, -0.15) is 0 Å². The molecule has 0 fully saturated rings. The second-order valence-corrected chi connectivity index (χ2v) is 5.40. The Morgan fingerprint density at radius 2 is 2.06 bits per heavy atom. The number of unbranched alkanes of at least 4 members (excludes halogenated alkanes) is 1. The molecule has 1 N–H and O–H groups in total. The first-order valence-electron chi connectivity index (χ1n) is 6.62. The van der Waals surface area contributed by atoms with Crippen LogP contribution in [0, 0.1) is 0 Å². The minimum atomic E-state index is 0.741. The molecule has 0 bridgehead atoms. The van der Waals surface area contributed by atoms with E-state index in [0.29, 0.717) is 0 Å². The first-order valence-corrected chi connectivity index (χ1v) is 7.50.